The molecule has 80 valence electrons. The predicted octanol–water partition coefficient (Wildman–Crippen LogP) is -0.392. The third kappa shape index (κ3) is 1.68. The number of amides is 1. The van der Waals surface area contributed by atoms with Crippen molar-refractivity contribution in [2.24, 2.45) is 5.73 Å². The van der Waals surface area contributed by atoms with Crippen LogP contribution in [0.3, 0.4) is 0 Å². The molecule has 0 saturated carbocycles. The molecule has 0 spiro atoms. The second-order valence-corrected chi connectivity index (χ2v) is 2.96. The summed E-state index contributed by atoms with van der Waals surface area (Å²) in [5.41, 5.74) is 2.18. The van der Waals surface area contributed by atoms with Crippen molar-refractivity contribution < 1.29 is 14.6 Å². The molecule has 0 atom stereocenters. The Morgan fingerprint density at radius 1 is 1.40 bits per heavy atom. The van der Waals surface area contributed by atoms with Crippen LogP contribution in [0.15, 0.2) is 23.8 Å². The van der Waals surface area contributed by atoms with Crippen molar-refractivity contribution in [3.63, 3.8) is 0 Å². The molecule has 8 nitrogen and oxygen atoms in total. The molecular weight excluding hydrogens is 206 g/mol. The average Bonchev–Trinajstić information content (AvgIpc) is 2.17. The SMILES string of the molecule is NC(=O)C1=CC([N+](=O)[O-])([N+](=O)[O-])CC=C1. The Hall–Kier alpha value is -2.25. The van der Waals surface area contributed by atoms with Gasteiger partial charge in [-0.2, -0.15) is 0 Å². The molecule has 2 N–H and O–H groups in total. The fourth-order valence-corrected chi connectivity index (χ4v) is 1.19. The minimum Gasteiger partial charge on any atom is -0.366 e. The summed E-state index contributed by atoms with van der Waals surface area (Å²) in [7, 11) is 0. The first-order valence-corrected chi connectivity index (χ1v) is 3.88. The van der Waals surface area contributed by atoms with Crippen molar-refractivity contribution in [1.82, 2.24) is 0 Å². The van der Waals surface area contributed by atoms with E-state index in [0.717, 1.165) is 0 Å². The molecule has 0 fully saturated rings. The van der Waals surface area contributed by atoms with Gasteiger partial charge in [-0.05, 0) is 0 Å². The number of carbonyl (C=O) groups is 1. The highest BCUT2D eigenvalue weighted by Gasteiger charge is 2.54. The number of nitrogens with two attached hydrogens (primary N) is 1. The maximum Gasteiger partial charge on any atom is 0.482 e. The fraction of sp³-hybridized carbons (Fsp3) is 0.286. The number of hydrogen-bond donors (Lipinski definition) is 1. The fourth-order valence-electron chi connectivity index (χ4n) is 1.19. The first-order chi connectivity index (χ1) is 6.90. The van der Waals surface area contributed by atoms with E-state index in [0.29, 0.717) is 6.08 Å². The molecule has 0 unspecified atom stereocenters. The molecule has 0 saturated heterocycles. The zero-order valence-corrected chi connectivity index (χ0v) is 7.45. The average molecular weight is 213 g/mol. The summed E-state index contributed by atoms with van der Waals surface area (Å²) < 4.78 is 0. The molecule has 0 heterocycles. The summed E-state index contributed by atoms with van der Waals surface area (Å²) in [5.74, 6) is -0.931. The molecule has 0 aliphatic heterocycles. The van der Waals surface area contributed by atoms with Crippen molar-refractivity contribution in [2.75, 3.05) is 0 Å². The minimum absolute atomic E-state index is 0.227. The van der Waals surface area contributed by atoms with Gasteiger partial charge in [0.1, 0.15) is 16.3 Å². The van der Waals surface area contributed by atoms with Crippen LogP contribution >= 0.6 is 0 Å². The second kappa shape index (κ2) is 3.48. The molecule has 0 radical (unpaired) electrons. The Kier molecular flexibility index (Phi) is 2.51. The van der Waals surface area contributed by atoms with Gasteiger partial charge in [0.25, 0.3) is 0 Å². The number of primary amides is 1. The molecular formula is C7H7N3O5. The van der Waals surface area contributed by atoms with Gasteiger partial charge >= 0.3 is 5.66 Å². The lowest BCUT2D eigenvalue weighted by molar-refractivity contribution is -0.780. The van der Waals surface area contributed by atoms with Crippen LogP contribution in [0.5, 0.6) is 0 Å². The van der Waals surface area contributed by atoms with Crippen LogP contribution in [0, 0.1) is 20.2 Å². The van der Waals surface area contributed by atoms with Gasteiger partial charge in [0, 0.05) is 5.57 Å². The van der Waals surface area contributed by atoms with Crippen molar-refractivity contribution in [3.8, 4) is 0 Å². The zero-order valence-electron chi connectivity index (χ0n) is 7.45. The van der Waals surface area contributed by atoms with Crippen LogP contribution < -0.4 is 5.73 Å². The minimum atomic E-state index is -2.47. The first-order valence-electron chi connectivity index (χ1n) is 3.88. The third-order valence-electron chi connectivity index (χ3n) is 2.02. The second-order valence-electron chi connectivity index (χ2n) is 2.96. The Bertz CT molecular complexity index is 383. The van der Waals surface area contributed by atoms with Crippen molar-refractivity contribution in [1.29, 1.82) is 0 Å². The van der Waals surface area contributed by atoms with Crippen LogP contribution in [0.2, 0.25) is 0 Å². The number of nitrogens with zero attached hydrogens (tertiary/aromatic N) is 2. The lowest BCUT2D eigenvalue weighted by Gasteiger charge is -2.15. The van der Waals surface area contributed by atoms with Crippen molar-refractivity contribution in [2.45, 2.75) is 12.1 Å². The van der Waals surface area contributed by atoms with E-state index in [4.69, 9.17) is 5.73 Å². The van der Waals surface area contributed by atoms with Gasteiger partial charge in [-0.3, -0.25) is 25.0 Å². The highest BCUT2D eigenvalue weighted by atomic mass is 16.7. The molecule has 15 heavy (non-hydrogen) atoms. The first kappa shape index (κ1) is 10.8. The van der Waals surface area contributed by atoms with Gasteiger partial charge in [0.05, 0.1) is 6.08 Å². The predicted molar refractivity (Wildman–Crippen MR) is 47.8 cm³/mol. The molecule has 0 bridgehead atoms. The van der Waals surface area contributed by atoms with Gasteiger partial charge in [-0.15, -0.1) is 0 Å². The van der Waals surface area contributed by atoms with Gasteiger partial charge in [0.2, 0.25) is 5.91 Å². The summed E-state index contributed by atoms with van der Waals surface area (Å²) in [5, 5.41) is 21.2. The monoisotopic (exact) mass is 213 g/mol. The Labute approximate surface area is 83.4 Å². The molecule has 1 amide bonds. The number of carbonyl (C=O) groups excluding carboxylic acids is 1. The lowest BCUT2D eigenvalue weighted by Crippen LogP contribution is -2.45. The van der Waals surface area contributed by atoms with Crippen LogP contribution in [0.4, 0.5) is 0 Å². The Morgan fingerprint density at radius 3 is 2.33 bits per heavy atom. The largest absolute Gasteiger partial charge is 0.482 e. The van der Waals surface area contributed by atoms with Gasteiger partial charge in [0.15, 0.2) is 0 Å². The lowest BCUT2D eigenvalue weighted by atomic mass is 9.97. The van der Waals surface area contributed by atoms with Crippen LogP contribution in [0.25, 0.3) is 0 Å². The smallest absolute Gasteiger partial charge is 0.366 e. The summed E-state index contributed by atoms with van der Waals surface area (Å²) in [4.78, 5) is 29.9. The summed E-state index contributed by atoms with van der Waals surface area (Å²) in [6.45, 7) is 0. The van der Waals surface area contributed by atoms with Gasteiger partial charge in [-0.1, -0.05) is 12.2 Å². The highest BCUT2D eigenvalue weighted by molar-refractivity contribution is 5.95. The van der Waals surface area contributed by atoms with Gasteiger partial charge in [-0.25, -0.2) is 0 Å². The third-order valence-corrected chi connectivity index (χ3v) is 2.02. The van der Waals surface area contributed by atoms with E-state index >= 15 is 0 Å². The number of hydrogen-bond acceptors (Lipinski definition) is 5. The maximum atomic E-state index is 10.7. The molecule has 1 aliphatic rings. The topological polar surface area (TPSA) is 129 Å². The van der Waals surface area contributed by atoms with Crippen LogP contribution in [-0.4, -0.2) is 21.4 Å². The molecule has 1 rings (SSSR count). The van der Waals surface area contributed by atoms with E-state index in [9.17, 15) is 25.0 Å². The quantitative estimate of drug-likeness (QED) is 0.387. The Balaban J connectivity index is 3.25. The highest BCUT2D eigenvalue weighted by Crippen LogP contribution is 2.25. The van der Waals surface area contributed by atoms with E-state index in [1.54, 1.807) is 0 Å². The molecule has 0 aromatic carbocycles. The van der Waals surface area contributed by atoms with E-state index in [-0.39, 0.29) is 5.57 Å². The van der Waals surface area contributed by atoms with Crippen LogP contribution in [-0.2, 0) is 4.79 Å². The summed E-state index contributed by atoms with van der Waals surface area (Å²) in [6.07, 6.45) is 2.69. The van der Waals surface area contributed by atoms with E-state index in [1.807, 2.05) is 0 Å². The molecule has 1 aliphatic carbocycles. The van der Waals surface area contributed by atoms with Crippen LogP contribution in [0.1, 0.15) is 6.42 Å². The number of nitro groups is 2. The molecule has 0 aromatic heterocycles. The van der Waals surface area contributed by atoms with E-state index < -0.39 is 27.8 Å². The van der Waals surface area contributed by atoms with Gasteiger partial charge < -0.3 is 5.73 Å². The summed E-state index contributed by atoms with van der Waals surface area (Å²) >= 11 is 0. The Morgan fingerprint density at radius 2 is 1.93 bits per heavy atom. The zero-order chi connectivity index (χ0) is 11.6. The summed E-state index contributed by atoms with van der Waals surface area (Å²) in [6, 6.07) is 0. The molecule has 0 aromatic rings. The van der Waals surface area contributed by atoms with Crippen molar-refractivity contribution >= 4 is 5.91 Å². The van der Waals surface area contributed by atoms with Crippen molar-refractivity contribution in [3.05, 3.63) is 44.0 Å². The normalized spacial score (nSPS) is 18.0. The molecule has 8 heteroatoms. The standard InChI is InChI=1S/C7H7N3O5/c8-6(11)5-2-1-3-7(4-5,9(12)13)10(14)15/h1-2,4H,3H2,(H2,8,11). The maximum absolute atomic E-state index is 10.7. The van der Waals surface area contributed by atoms with E-state index in [1.165, 1.54) is 12.2 Å². The number of rotatable bonds is 3. The van der Waals surface area contributed by atoms with E-state index in [2.05, 4.69) is 0 Å².